The van der Waals surface area contributed by atoms with E-state index in [4.69, 9.17) is 21.6 Å². The summed E-state index contributed by atoms with van der Waals surface area (Å²) in [5, 5.41) is 12.9. The van der Waals surface area contributed by atoms with Crippen LogP contribution in [0.25, 0.3) is 0 Å². The molecule has 1 heterocycles. The lowest BCUT2D eigenvalue weighted by molar-refractivity contribution is 0.0340. The molecule has 0 amide bonds. The van der Waals surface area contributed by atoms with Gasteiger partial charge in [-0.1, -0.05) is 17.7 Å². The van der Waals surface area contributed by atoms with E-state index in [1.807, 2.05) is 24.1 Å². The van der Waals surface area contributed by atoms with E-state index in [-0.39, 0.29) is 6.10 Å². The fourth-order valence-electron chi connectivity index (χ4n) is 2.08. The number of nitrogens with one attached hydrogen (secondary N) is 1. The predicted molar refractivity (Wildman–Crippen MR) is 72.0 cm³/mol. The summed E-state index contributed by atoms with van der Waals surface area (Å²) in [5.74, 6) is 0. The van der Waals surface area contributed by atoms with Crippen LogP contribution in [0.1, 0.15) is 5.56 Å². The fraction of sp³-hybridized carbons (Fsp3) is 0.462. The number of hydrogen-bond acceptors (Lipinski definition) is 4. The quantitative estimate of drug-likeness (QED) is 0.903. The van der Waals surface area contributed by atoms with E-state index >= 15 is 0 Å². The van der Waals surface area contributed by atoms with E-state index in [0.717, 1.165) is 31.9 Å². The number of halogens is 1. The Morgan fingerprint density at radius 2 is 2.44 bits per heavy atom. The summed E-state index contributed by atoms with van der Waals surface area (Å²) in [7, 11) is 1.95. The van der Waals surface area contributed by atoms with Crippen molar-refractivity contribution in [1.29, 1.82) is 5.26 Å². The number of anilines is 1. The van der Waals surface area contributed by atoms with Crippen LogP contribution in [-0.2, 0) is 4.74 Å². The predicted octanol–water partition coefficient (Wildman–Crippen LogP) is 1.64. The van der Waals surface area contributed by atoms with Gasteiger partial charge in [0.25, 0.3) is 0 Å². The summed E-state index contributed by atoms with van der Waals surface area (Å²) < 4.78 is 5.65. The number of morpholine rings is 1. The number of nitrogens with zero attached hydrogens (tertiary/aromatic N) is 2. The SMILES string of the molecule is CN(CC1CNCCO1)c1cccc(Cl)c1C#N. The van der Waals surface area contributed by atoms with Gasteiger partial charge in [-0.05, 0) is 12.1 Å². The largest absolute Gasteiger partial charge is 0.374 e. The van der Waals surface area contributed by atoms with Crippen LogP contribution in [0, 0.1) is 11.3 Å². The number of benzene rings is 1. The molecule has 18 heavy (non-hydrogen) atoms. The number of rotatable bonds is 3. The zero-order chi connectivity index (χ0) is 13.0. The third-order valence-electron chi connectivity index (χ3n) is 3.00. The van der Waals surface area contributed by atoms with Crippen molar-refractivity contribution in [3.05, 3.63) is 28.8 Å². The van der Waals surface area contributed by atoms with E-state index in [2.05, 4.69) is 11.4 Å². The highest BCUT2D eigenvalue weighted by molar-refractivity contribution is 6.32. The average molecular weight is 266 g/mol. The van der Waals surface area contributed by atoms with Crippen LogP contribution >= 0.6 is 11.6 Å². The van der Waals surface area contributed by atoms with Gasteiger partial charge in [0.1, 0.15) is 6.07 Å². The minimum absolute atomic E-state index is 0.147. The van der Waals surface area contributed by atoms with Gasteiger partial charge in [-0.25, -0.2) is 0 Å². The summed E-state index contributed by atoms with van der Waals surface area (Å²) in [6.45, 7) is 3.22. The molecule has 1 saturated heterocycles. The van der Waals surface area contributed by atoms with Gasteiger partial charge in [-0.3, -0.25) is 0 Å². The maximum atomic E-state index is 9.15. The molecular weight excluding hydrogens is 250 g/mol. The van der Waals surface area contributed by atoms with Crippen molar-refractivity contribution in [2.24, 2.45) is 0 Å². The van der Waals surface area contributed by atoms with Crippen LogP contribution < -0.4 is 10.2 Å². The molecule has 1 aliphatic rings. The zero-order valence-electron chi connectivity index (χ0n) is 10.3. The molecule has 1 aromatic rings. The van der Waals surface area contributed by atoms with Crippen LogP contribution in [0.2, 0.25) is 5.02 Å². The van der Waals surface area contributed by atoms with Crippen molar-refractivity contribution in [2.75, 3.05) is 38.2 Å². The topological polar surface area (TPSA) is 48.3 Å². The molecule has 2 rings (SSSR count). The Labute approximate surface area is 112 Å². The molecule has 1 aliphatic heterocycles. The van der Waals surface area contributed by atoms with Crippen LogP contribution in [-0.4, -0.2) is 39.4 Å². The minimum Gasteiger partial charge on any atom is -0.374 e. The van der Waals surface area contributed by atoms with Crippen molar-refractivity contribution in [2.45, 2.75) is 6.10 Å². The number of nitriles is 1. The Morgan fingerprint density at radius 3 is 3.11 bits per heavy atom. The van der Waals surface area contributed by atoms with E-state index in [1.165, 1.54) is 0 Å². The second-order valence-corrected chi connectivity index (χ2v) is 4.73. The molecule has 0 bridgehead atoms. The molecule has 96 valence electrons. The molecule has 1 N–H and O–H groups in total. The van der Waals surface area contributed by atoms with Crippen molar-refractivity contribution in [1.82, 2.24) is 5.32 Å². The summed E-state index contributed by atoms with van der Waals surface area (Å²) in [6, 6.07) is 7.64. The molecule has 0 aromatic heterocycles. The highest BCUT2D eigenvalue weighted by atomic mass is 35.5. The molecule has 1 fully saturated rings. The Bertz CT molecular complexity index is 452. The first-order chi connectivity index (χ1) is 8.72. The van der Waals surface area contributed by atoms with Gasteiger partial charge in [-0.15, -0.1) is 0 Å². The first kappa shape index (κ1) is 13.2. The lowest BCUT2D eigenvalue weighted by atomic mass is 10.1. The fourth-order valence-corrected chi connectivity index (χ4v) is 2.29. The van der Waals surface area contributed by atoms with Crippen molar-refractivity contribution < 1.29 is 4.74 Å². The Kier molecular flexibility index (Phi) is 4.43. The number of likely N-dealkylation sites (N-methyl/N-ethyl adjacent to an activating group) is 1. The highest BCUT2D eigenvalue weighted by Gasteiger charge is 2.18. The molecule has 1 unspecified atom stereocenters. The number of ether oxygens (including phenoxy) is 1. The van der Waals surface area contributed by atoms with Crippen LogP contribution in [0.5, 0.6) is 0 Å². The van der Waals surface area contributed by atoms with Gasteiger partial charge in [0.15, 0.2) is 0 Å². The van der Waals surface area contributed by atoms with Gasteiger partial charge in [0.05, 0.1) is 29.0 Å². The molecule has 0 radical (unpaired) electrons. The van der Waals surface area contributed by atoms with Crippen LogP contribution in [0.15, 0.2) is 18.2 Å². The molecule has 0 aliphatic carbocycles. The van der Waals surface area contributed by atoms with E-state index in [9.17, 15) is 0 Å². The van der Waals surface area contributed by atoms with E-state index in [1.54, 1.807) is 6.07 Å². The summed E-state index contributed by atoms with van der Waals surface area (Å²) in [4.78, 5) is 2.02. The van der Waals surface area contributed by atoms with Gasteiger partial charge in [-0.2, -0.15) is 5.26 Å². The monoisotopic (exact) mass is 265 g/mol. The minimum atomic E-state index is 0.147. The molecular formula is C13H16ClN3O. The third-order valence-corrected chi connectivity index (χ3v) is 3.31. The van der Waals surface area contributed by atoms with Gasteiger partial charge >= 0.3 is 0 Å². The Morgan fingerprint density at radius 1 is 1.61 bits per heavy atom. The maximum Gasteiger partial charge on any atom is 0.103 e. The van der Waals surface area contributed by atoms with Gasteiger partial charge in [0.2, 0.25) is 0 Å². The average Bonchev–Trinajstić information content (AvgIpc) is 2.39. The number of hydrogen-bond donors (Lipinski definition) is 1. The molecule has 1 aromatic carbocycles. The lowest BCUT2D eigenvalue weighted by Crippen LogP contribution is -2.44. The third kappa shape index (κ3) is 2.94. The molecule has 0 spiro atoms. The first-order valence-corrected chi connectivity index (χ1v) is 6.32. The Balaban J connectivity index is 2.11. The smallest absolute Gasteiger partial charge is 0.103 e. The van der Waals surface area contributed by atoms with Crippen molar-refractivity contribution in [3.8, 4) is 6.07 Å². The summed E-state index contributed by atoms with van der Waals surface area (Å²) in [5.41, 5.74) is 1.37. The molecule has 4 nitrogen and oxygen atoms in total. The molecule has 0 saturated carbocycles. The summed E-state index contributed by atoms with van der Waals surface area (Å²) in [6.07, 6.45) is 0.147. The second kappa shape index (κ2) is 6.05. The van der Waals surface area contributed by atoms with Crippen LogP contribution in [0.3, 0.4) is 0 Å². The first-order valence-electron chi connectivity index (χ1n) is 5.94. The Hall–Kier alpha value is -1.28. The molecule has 1 atom stereocenters. The van der Waals surface area contributed by atoms with Crippen molar-refractivity contribution in [3.63, 3.8) is 0 Å². The molecule has 5 heteroatoms. The highest BCUT2D eigenvalue weighted by Crippen LogP contribution is 2.26. The lowest BCUT2D eigenvalue weighted by Gasteiger charge is -2.29. The van der Waals surface area contributed by atoms with Crippen molar-refractivity contribution >= 4 is 17.3 Å². The van der Waals surface area contributed by atoms with Gasteiger partial charge < -0.3 is 15.0 Å². The zero-order valence-corrected chi connectivity index (χ0v) is 11.1. The van der Waals surface area contributed by atoms with Gasteiger partial charge in [0, 0.05) is 26.7 Å². The maximum absolute atomic E-state index is 9.15. The van der Waals surface area contributed by atoms with Crippen LogP contribution in [0.4, 0.5) is 5.69 Å². The standard InChI is InChI=1S/C13H16ClN3O/c1-17(9-10-8-16-5-6-18-10)13-4-2-3-12(14)11(13)7-15/h2-4,10,16H,5-6,8-9H2,1H3. The normalized spacial score (nSPS) is 19.3. The van der Waals surface area contributed by atoms with E-state index < -0.39 is 0 Å². The summed E-state index contributed by atoms with van der Waals surface area (Å²) >= 11 is 6.02. The second-order valence-electron chi connectivity index (χ2n) is 4.32. The van der Waals surface area contributed by atoms with E-state index in [0.29, 0.717) is 10.6 Å².